The summed E-state index contributed by atoms with van der Waals surface area (Å²) in [5.74, 6) is -0.0717. The highest BCUT2D eigenvalue weighted by molar-refractivity contribution is 14.1. The van der Waals surface area contributed by atoms with Crippen molar-refractivity contribution in [2.45, 2.75) is 58.1 Å². The highest BCUT2D eigenvalue weighted by atomic mass is 127. The molecule has 0 aliphatic rings. The molecule has 0 bridgehead atoms. The number of carbonyl (C=O) groups is 2. The predicted molar refractivity (Wildman–Crippen MR) is 130 cm³/mol. The molecule has 2 rings (SSSR count). The van der Waals surface area contributed by atoms with Gasteiger partial charge in [0.2, 0.25) is 5.91 Å². The Morgan fingerprint density at radius 2 is 1.77 bits per heavy atom. The van der Waals surface area contributed by atoms with Crippen molar-refractivity contribution in [3.8, 4) is 5.75 Å². The molecule has 0 saturated carbocycles. The number of rotatable bonds is 9. The molecule has 0 aromatic heterocycles. The SMILES string of the molecule is CC(C)(C)OC(=O)NC(Cc1ccc(O)c(I)c1)C(=O)NCCCCc1ccccc1. The largest absolute Gasteiger partial charge is 0.507 e. The van der Waals surface area contributed by atoms with Crippen LogP contribution in [0.3, 0.4) is 0 Å². The molecule has 0 heterocycles. The lowest BCUT2D eigenvalue weighted by Crippen LogP contribution is -2.49. The zero-order valence-corrected chi connectivity index (χ0v) is 20.4. The summed E-state index contributed by atoms with van der Waals surface area (Å²) in [4.78, 5) is 25.1. The number of hydrogen-bond acceptors (Lipinski definition) is 4. The van der Waals surface area contributed by atoms with Gasteiger partial charge in [0.25, 0.3) is 0 Å². The van der Waals surface area contributed by atoms with Crippen LogP contribution in [0.15, 0.2) is 48.5 Å². The topological polar surface area (TPSA) is 87.7 Å². The third-order valence-corrected chi connectivity index (χ3v) is 5.36. The van der Waals surface area contributed by atoms with Gasteiger partial charge in [0.05, 0.1) is 3.57 Å². The third-order valence-electron chi connectivity index (χ3n) is 4.49. The molecule has 7 heteroatoms. The maximum absolute atomic E-state index is 12.8. The average Bonchev–Trinajstić information content (AvgIpc) is 2.69. The maximum Gasteiger partial charge on any atom is 0.408 e. The molecule has 1 unspecified atom stereocenters. The summed E-state index contributed by atoms with van der Waals surface area (Å²) in [6, 6.07) is 14.6. The number of benzene rings is 2. The average molecular weight is 538 g/mol. The molecular weight excluding hydrogens is 507 g/mol. The van der Waals surface area contributed by atoms with Gasteiger partial charge in [-0.05, 0) is 85.9 Å². The number of halogens is 1. The second kappa shape index (κ2) is 11.9. The van der Waals surface area contributed by atoms with E-state index in [0.717, 1.165) is 24.8 Å². The van der Waals surface area contributed by atoms with Crippen LogP contribution in [0.1, 0.15) is 44.7 Å². The number of aromatic hydroxyl groups is 1. The molecule has 2 aromatic carbocycles. The van der Waals surface area contributed by atoms with Crippen molar-refractivity contribution in [1.82, 2.24) is 10.6 Å². The molecule has 168 valence electrons. The number of hydrogen-bond donors (Lipinski definition) is 3. The Morgan fingerprint density at radius 3 is 2.42 bits per heavy atom. The number of aryl methyl sites for hydroxylation is 1. The number of nitrogens with one attached hydrogen (secondary N) is 2. The number of ether oxygens (including phenoxy) is 1. The molecule has 1 atom stereocenters. The van der Waals surface area contributed by atoms with E-state index in [1.165, 1.54) is 5.56 Å². The summed E-state index contributed by atoms with van der Waals surface area (Å²) in [5, 5.41) is 15.3. The van der Waals surface area contributed by atoms with Gasteiger partial charge in [-0.1, -0.05) is 36.4 Å². The van der Waals surface area contributed by atoms with Crippen LogP contribution >= 0.6 is 22.6 Å². The first-order valence-corrected chi connectivity index (χ1v) is 11.5. The monoisotopic (exact) mass is 538 g/mol. The molecule has 2 aromatic rings. The Balaban J connectivity index is 1.92. The molecular formula is C24H31IN2O4. The van der Waals surface area contributed by atoms with Crippen molar-refractivity contribution < 1.29 is 19.4 Å². The fourth-order valence-corrected chi connectivity index (χ4v) is 3.59. The van der Waals surface area contributed by atoms with E-state index in [0.29, 0.717) is 16.5 Å². The Kier molecular flexibility index (Phi) is 9.61. The second-order valence-electron chi connectivity index (χ2n) is 8.42. The van der Waals surface area contributed by atoms with E-state index < -0.39 is 17.7 Å². The van der Waals surface area contributed by atoms with Crippen LogP contribution in [-0.4, -0.2) is 35.3 Å². The van der Waals surface area contributed by atoms with Crippen LogP contribution in [0, 0.1) is 3.57 Å². The van der Waals surface area contributed by atoms with Gasteiger partial charge in [-0.15, -0.1) is 0 Å². The standard InChI is InChI=1S/C24H31IN2O4/c1-24(2,3)31-23(30)27-20(16-18-12-13-21(28)19(25)15-18)22(29)26-14-8-7-11-17-9-5-4-6-10-17/h4-6,9-10,12-13,15,20,28H,7-8,11,14,16H2,1-3H3,(H,26,29)(H,27,30). The quantitative estimate of drug-likeness (QED) is 0.323. The zero-order chi connectivity index (χ0) is 22.9. The van der Waals surface area contributed by atoms with Crippen LogP contribution in [0.2, 0.25) is 0 Å². The number of amides is 2. The Bertz CT molecular complexity index is 866. The number of phenols is 1. The van der Waals surface area contributed by atoms with Crippen molar-refractivity contribution in [3.63, 3.8) is 0 Å². The van der Waals surface area contributed by atoms with Gasteiger partial charge in [-0.3, -0.25) is 4.79 Å². The van der Waals surface area contributed by atoms with Gasteiger partial charge in [-0.2, -0.15) is 0 Å². The van der Waals surface area contributed by atoms with Crippen molar-refractivity contribution >= 4 is 34.6 Å². The van der Waals surface area contributed by atoms with Gasteiger partial charge in [0, 0.05) is 13.0 Å². The number of carbonyl (C=O) groups excluding carboxylic acids is 2. The van der Waals surface area contributed by atoms with E-state index in [2.05, 4.69) is 22.8 Å². The van der Waals surface area contributed by atoms with Crippen molar-refractivity contribution in [2.24, 2.45) is 0 Å². The second-order valence-corrected chi connectivity index (χ2v) is 9.58. The Labute approximate surface area is 197 Å². The smallest absolute Gasteiger partial charge is 0.408 e. The highest BCUT2D eigenvalue weighted by Gasteiger charge is 2.24. The Morgan fingerprint density at radius 1 is 1.06 bits per heavy atom. The van der Waals surface area contributed by atoms with Crippen LogP contribution in [0.4, 0.5) is 4.79 Å². The normalized spacial score (nSPS) is 12.1. The molecule has 0 radical (unpaired) electrons. The van der Waals surface area contributed by atoms with E-state index in [1.54, 1.807) is 39.0 Å². The van der Waals surface area contributed by atoms with Gasteiger partial charge < -0.3 is 20.5 Å². The number of alkyl carbamates (subject to hydrolysis) is 1. The maximum atomic E-state index is 12.8. The lowest BCUT2D eigenvalue weighted by molar-refractivity contribution is -0.123. The number of unbranched alkanes of at least 4 members (excludes halogenated alkanes) is 1. The van der Waals surface area contributed by atoms with Gasteiger partial charge >= 0.3 is 6.09 Å². The fourth-order valence-electron chi connectivity index (χ4n) is 3.01. The van der Waals surface area contributed by atoms with E-state index in [9.17, 15) is 14.7 Å². The molecule has 0 spiro atoms. The van der Waals surface area contributed by atoms with Crippen LogP contribution in [0.25, 0.3) is 0 Å². The van der Waals surface area contributed by atoms with Crippen molar-refractivity contribution in [2.75, 3.05) is 6.54 Å². The van der Waals surface area contributed by atoms with Crippen LogP contribution < -0.4 is 10.6 Å². The Hall–Kier alpha value is -2.29. The molecule has 0 saturated heterocycles. The summed E-state index contributed by atoms with van der Waals surface area (Å²) < 4.78 is 6.01. The third kappa shape index (κ3) is 9.59. The molecule has 6 nitrogen and oxygen atoms in total. The lowest BCUT2D eigenvalue weighted by Gasteiger charge is -2.23. The van der Waals surface area contributed by atoms with Crippen LogP contribution in [0.5, 0.6) is 5.75 Å². The molecule has 2 amide bonds. The summed E-state index contributed by atoms with van der Waals surface area (Å²) in [6.07, 6.45) is 2.43. The molecule has 31 heavy (non-hydrogen) atoms. The van der Waals surface area contributed by atoms with E-state index in [-0.39, 0.29) is 11.7 Å². The first-order valence-electron chi connectivity index (χ1n) is 10.4. The molecule has 0 fully saturated rings. The van der Waals surface area contributed by atoms with Crippen LogP contribution in [-0.2, 0) is 22.4 Å². The van der Waals surface area contributed by atoms with Crippen molar-refractivity contribution in [1.29, 1.82) is 0 Å². The predicted octanol–water partition coefficient (Wildman–Crippen LogP) is 4.57. The van der Waals surface area contributed by atoms with E-state index >= 15 is 0 Å². The fraction of sp³-hybridized carbons (Fsp3) is 0.417. The summed E-state index contributed by atoms with van der Waals surface area (Å²) in [6.45, 7) is 5.86. The summed E-state index contributed by atoms with van der Waals surface area (Å²) >= 11 is 2.03. The highest BCUT2D eigenvalue weighted by Crippen LogP contribution is 2.21. The van der Waals surface area contributed by atoms with E-state index in [1.807, 2.05) is 40.8 Å². The number of phenolic OH excluding ortho intramolecular Hbond substituents is 1. The molecule has 0 aliphatic carbocycles. The minimum atomic E-state index is -0.774. The first-order chi connectivity index (χ1) is 14.6. The summed E-state index contributed by atoms with van der Waals surface area (Å²) in [7, 11) is 0. The zero-order valence-electron chi connectivity index (χ0n) is 18.3. The molecule has 3 N–H and O–H groups in total. The first kappa shape index (κ1) is 25.0. The minimum absolute atomic E-state index is 0.184. The minimum Gasteiger partial charge on any atom is -0.507 e. The lowest BCUT2D eigenvalue weighted by atomic mass is 10.0. The van der Waals surface area contributed by atoms with Gasteiger partial charge in [0.15, 0.2) is 0 Å². The van der Waals surface area contributed by atoms with E-state index in [4.69, 9.17) is 4.74 Å². The van der Waals surface area contributed by atoms with Gasteiger partial charge in [0.1, 0.15) is 17.4 Å². The molecule has 0 aliphatic heterocycles. The van der Waals surface area contributed by atoms with Crippen molar-refractivity contribution in [3.05, 3.63) is 63.2 Å². The van der Waals surface area contributed by atoms with Gasteiger partial charge in [-0.25, -0.2) is 4.79 Å². The summed E-state index contributed by atoms with van der Waals surface area (Å²) in [5.41, 5.74) is 1.46.